The third-order valence-electron chi connectivity index (χ3n) is 4.95. The number of thioether (sulfide) groups is 1. The van der Waals surface area contributed by atoms with Gasteiger partial charge in [-0.05, 0) is 48.7 Å². The predicted octanol–water partition coefficient (Wildman–Crippen LogP) is 4.72. The molecule has 28 heavy (non-hydrogen) atoms. The van der Waals surface area contributed by atoms with Crippen molar-refractivity contribution in [1.29, 1.82) is 0 Å². The number of benzene rings is 1. The molecular weight excluding hydrogens is 392 g/mol. The minimum absolute atomic E-state index is 0.0314. The Kier molecular flexibility index (Phi) is 5.12. The zero-order chi connectivity index (χ0) is 19.8. The highest BCUT2D eigenvalue weighted by Gasteiger charge is 2.36. The second-order valence-corrected chi connectivity index (χ2v) is 8.76. The molecule has 0 saturated carbocycles. The molecule has 1 aromatic heterocycles. The fourth-order valence-corrected chi connectivity index (χ4v) is 4.43. The average molecular weight is 413 g/mol. The largest absolute Gasteiger partial charge is 0.454 e. The zero-order valence-electron chi connectivity index (χ0n) is 15.8. The first kappa shape index (κ1) is 19.0. The van der Waals surface area contributed by atoms with E-state index in [1.807, 2.05) is 43.3 Å². The second-order valence-electron chi connectivity index (χ2n) is 7.08. The van der Waals surface area contributed by atoms with Crippen molar-refractivity contribution in [3.8, 4) is 22.8 Å². The van der Waals surface area contributed by atoms with Gasteiger partial charge in [-0.3, -0.25) is 14.7 Å². The summed E-state index contributed by atoms with van der Waals surface area (Å²) >= 11 is 6.77. The molecule has 2 aliphatic rings. The maximum absolute atomic E-state index is 12.8. The fraction of sp³-hybridized carbons (Fsp3) is 0.286. The highest BCUT2D eigenvalue weighted by atomic mass is 32.2. The van der Waals surface area contributed by atoms with Gasteiger partial charge in [-0.25, -0.2) is 0 Å². The molecule has 2 aromatic rings. The lowest BCUT2D eigenvalue weighted by Crippen LogP contribution is -2.39. The van der Waals surface area contributed by atoms with Crippen molar-refractivity contribution in [2.45, 2.75) is 26.8 Å². The van der Waals surface area contributed by atoms with Gasteiger partial charge in [-0.1, -0.05) is 43.9 Å². The van der Waals surface area contributed by atoms with Crippen LogP contribution in [0.3, 0.4) is 0 Å². The summed E-state index contributed by atoms with van der Waals surface area (Å²) in [5, 5.41) is 0. The lowest BCUT2D eigenvalue weighted by Gasteiger charge is -2.26. The monoisotopic (exact) mass is 412 g/mol. The van der Waals surface area contributed by atoms with Gasteiger partial charge in [0.05, 0.1) is 10.6 Å². The Bertz CT molecular complexity index is 970. The number of pyridine rings is 1. The Morgan fingerprint density at radius 1 is 1.18 bits per heavy atom. The summed E-state index contributed by atoms with van der Waals surface area (Å²) in [4.78, 5) is 19.6. The SMILES string of the molecule is CC(C)[C@@H](C)N1C(=O)/C(=C/c2ccc(-c3ccc4c(c3)OCO4)nc2)SC1=S. The standard InChI is InChI=1S/C21H20N2O3S2/c1-12(2)13(3)23-20(24)19(28-21(23)27)8-14-4-6-16(22-10-14)15-5-7-17-18(9-15)26-11-25-17/h4-10,12-13H,11H2,1-3H3/b19-8-/t13-/m1/s1. The van der Waals surface area contributed by atoms with E-state index in [2.05, 4.69) is 18.8 Å². The lowest BCUT2D eigenvalue weighted by atomic mass is 10.1. The number of carbonyl (C=O) groups excluding carboxylic acids is 1. The molecule has 0 spiro atoms. The minimum Gasteiger partial charge on any atom is -0.454 e. The fourth-order valence-electron chi connectivity index (χ4n) is 3.00. The number of thiocarbonyl (C=S) groups is 1. The van der Waals surface area contributed by atoms with E-state index in [1.165, 1.54) is 11.8 Å². The molecule has 0 radical (unpaired) electrons. The number of rotatable bonds is 4. The molecule has 3 heterocycles. The van der Waals surface area contributed by atoms with Crippen LogP contribution in [0.4, 0.5) is 0 Å². The van der Waals surface area contributed by atoms with E-state index < -0.39 is 0 Å². The van der Waals surface area contributed by atoms with Crippen molar-refractivity contribution in [2.75, 3.05) is 6.79 Å². The number of hydrogen-bond acceptors (Lipinski definition) is 6. The molecule has 1 fully saturated rings. The van der Waals surface area contributed by atoms with Crippen molar-refractivity contribution >= 4 is 40.3 Å². The molecule has 0 unspecified atom stereocenters. The molecule has 5 nitrogen and oxygen atoms in total. The Morgan fingerprint density at radius 3 is 2.68 bits per heavy atom. The first-order chi connectivity index (χ1) is 13.4. The number of fused-ring (bicyclic) bond motifs is 1. The van der Waals surface area contributed by atoms with Gasteiger partial charge in [0, 0.05) is 17.8 Å². The van der Waals surface area contributed by atoms with Gasteiger partial charge in [0.1, 0.15) is 4.32 Å². The first-order valence-electron chi connectivity index (χ1n) is 9.07. The van der Waals surface area contributed by atoms with E-state index in [9.17, 15) is 4.79 Å². The summed E-state index contributed by atoms with van der Waals surface area (Å²) in [5.41, 5.74) is 2.64. The van der Waals surface area contributed by atoms with Crippen molar-refractivity contribution in [2.24, 2.45) is 5.92 Å². The molecule has 2 aliphatic heterocycles. The van der Waals surface area contributed by atoms with Gasteiger partial charge < -0.3 is 9.47 Å². The molecule has 4 rings (SSSR count). The molecule has 1 atom stereocenters. The van der Waals surface area contributed by atoms with E-state index in [4.69, 9.17) is 21.7 Å². The van der Waals surface area contributed by atoms with Gasteiger partial charge in [0.25, 0.3) is 5.91 Å². The summed E-state index contributed by atoms with van der Waals surface area (Å²) < 4.78 is 11.4. The number of ether oxygens (including phenoxy) is 2. The number of aromatic nitrogens is 1. The summed E-state index contributed by atoms with van der Waals surface area (Å²) in [6.45, 7) is 6.45. The smallest absolute Gasteiger partial charge is 0.266 e. The highest BCUT2D eigenvalue weighted by molar-refractivity contribution is 8.26. The summed E-state index contributed by atoms with van der Waals surface area (Å²) in [5.74, 6) is 1.78. The van der Waals surface area contributed by atoms with Crippen LogP contribution in [0, 0.1) is 5.92 Å². The number of nitrogens with zero attached hydrogens (tertiary/aromatic N) is 2. The van der Waals surface area contributed by atoms with E-state index in [0.717, 1.165) is 28.3 Å². The molecular formula is C21H20N2O3S2. The molecule has 0 bridgehead atoms. The van der Waals surface area contributed by atoms with Crippen LogP contribution in [-0.2, 0) is 4.79 Å². The topological polar surface area (TPSA) is 51.7 Å². The molecule has 0 aliphatic carbocycles. The van der Waals surface area contributed by atoms with Gasteiger partial charge >= 0.3 is 0 Å². The number of hydrogen-bond donors (Lipinski definition) is 0. The Hall–Kier alpha value is -2.38. The Labute approximate surface area is 173 Å². The van der Waals surface area contributed by atoms with Crippen LogP contribution in [0.25, 0.3) is 17.3 Å². The number of carbonyl (C=O) groups is 1. The van der Waals surface area contributed by atoms with Crippen LogP contribution in [0.1, 0.15) is 26.3 Å². The maximum atomic E-state index is 12.8. The van der Waals surface area contributed by atoms with Gasteiger partial charge in [0.15, 0.2) is 11.5 Å². The molecule has 1 saturated heterocycles. The first-order valence-corrected chi connectivity index (χ1v) is 10.3. The van der Waals surface area contributed by atoms with Gasteiger partial charge in [-0.15, -0.1) is 0 Å². The van der Waals surface area contributed by atoms with Crippen LogP contribution in [0.2, 0.25) is 0 Å². The summed E-state index contributed by atoms with van der Waals surface area (Å²) in [6, 6.07) is 9.71. The third kappa shape index (κ3) is 3.52. The Balaban J connectivity index is 1.55. The van der Waals surface area contributed by atoms with E-state index in [0.29, 0.717) is 15.1 Å². The van der Waals surface area contributed by atoms with Crippen molar-refractivity contribution in [3.05, 3.63) is 47.0 Å². The Morgan fingerprint density at radius 2 is 1.96 bits per heavy atom. The van der Waals surface area contributed by atoms with Crippen LogP contribution in [0.5, 0.6) is 11.5 Å². The third-order valence-corrected chi connectivity index (χ3v) is 6.28. The van der Waals surface area contributed by atoms with E-state index in [1.54, 1.807) is 11.1 Å². The van der Waals surface area contributed by atoms with Crippen molar-refractivity contribution < 1.29 is 14.3 Å². The normalized spacial score (nSPS) is 18.4. The van der Waals surface area contributed by atoms with Gasteiger partial charge in [0.2, 0.25) is 6.79 Å². The molecule has 1 aromatic carbocycles. The summed E-state index contributed by atoms with van der Waals surface area (Å²) in [6.07, 6.45) is 3.61. The summed E-state index contributed by atoms with van der Waals surface area (Å²) in [7, 11) is 0. The minimum atomic E-state index is -0.0314. The molecule has 0 N–H and O–H groups in total. The average Bonchev–Trinajstić information content (AvgIpc) is 3.25. The molecule has 7 heteroatoms. The lowest BCUT2D eigenvalue weighted by molar-refractivity contribution is -0.123. The number of amides is 1. The van der Waals surface area contributed by atoms with Gasteiger partial charge in [-0.2, -0.15) is 0 Å². The highest BCUT2D eigenvalue weighted by Crippen LogP contribution is 2.37. The zero-order valence-corrected chi connectivity index (χ0v) is 17.5. The van der Waals surface area contributed by atoms with Crippen molar-refractivity contribution in [3.63, 3.8) is 0 Å². The maximum Gasteiger partial charge on any atom is 0.266 e. The van der Waals surface area contributed by atoms with Crippen LogP contribution in [-0.4, -0.2) is 32.9 Å². The quantitative estimate of drug-likeness (QED) is 0.535. The molecule has 144 valence electrons. The van der Waals surface area contributed by atoms with Crippen molar-refractivity contribution in [1.82, 2.24) is 9.88 Å². The van der Waals surface area contributed by atoms with E-state index in [-0.39, 0.29) is 18.7 Å². The molecule has 1 amide bonds. The van der Waals surface area contributed by atoms with E-state index >= 15 is 0 Å². The van der Waals surface area contributed by atoms with Crippen LogP contribution >= 0.6 is 24.0 Å². The van der Waals surface area contributed by atoms with Crippen LogP contribution < -0.4 is 9.47 Å². The van der Waals surface area contributed by atoms with Crippen LogP contribution in [0.15, 0.2) is 41.4 Å². The second kappa shape index (κ2) is 7.56. The predicted molar refractivity (Wildman–Crippen MR) is 115 cm³/mol.